The average Bonchev–Trinajstić information content (AvgIpc) is 2.61. The van der Waals surface area contributed by atoms with Crippen LogP contribution in [0, 0.1) is 0 Å². The third-order valence-electron chi connectivity index (χ3n) is 3.45. The molecule has 3 rings (SSSR count). The molecule has 3 heteroatoms. The molecule has 1 N–H and O–H groups in total. The number of rotatable bonds is 5. The van der Waals surface area contributed by atoms with E-state index in [1.54, 1.807) is 6.20 Å². The van der Waals surface area contributed by atoms with Gasteiger partial charge in [0.25, 0.3) is 0 Å². The Bertz CT molecular complexity index is 724. The van der Waals surface area contributed by atoms with Gasteiger partial charge >= 0.3 is 0 Å². The lowest BCUT2D eigenvalue weighted by Gasteiger charge is -2.08. The summed E-state index contributed by atoms with van der Waals surface area (Å²) in [5.41, 5.74) is 4.23. The van der Waals surface area contributed by atoms with Crippen molar-refractivity contribution in [2.45, 2.75) is 6.61 Å². The van der Waals surface area contributed by atoms with Gasteiger partial charge in [-0.05, 0) is 42.0 Å². The van der Waals surface area contributed by atoms with Crippen LogP contribution in [0.5, 0.6) is 5.75 Å². The van der Waals surface area contributed by atoms with E-state index in [1.807, 2.05) is 61.6 Å². The van der Waals surface area contributed by atoms with Gasteiger partial charge in [-0.2, -0.15) is 0 Å². The third-order valence-corrected chi connectivity index (χ3v) is 3.45. The molecule has 0 radical (unpaired) electrons. The maximum Gasteiger partial charge on any atom is 0.119 e. The van der Waals surface area contributed by atoms with Crippen LogP contribution in [0.4, 0.5) is 5.69 Å². The van der Waals surface area contributed by atoms with E-state index in [0.29, 0.717) is 6.61 Å². The van der Waals surface area contributed by atoms with E-state index >= 15 is 0 Å². The van der Waals surface area contributed by atoms with Gasteiger partial charge in [0.15, 0.2) is 0 Å². The maximum absolute atomic E-state index is 5.80. The normalized spacial score (nSPS) is 10.2. The Morgan fingerprint density at radius 1 is 0.955 bits per heavy atom. The molecule has 0 unspecified atom stereocenters. The summed E-state index contributed by atoms with van der Waals surface area (Å²) >= 11 is 0. The quantitative estimate of drug-likeness (QED) is 0.757. The molecule has 2 aromatic carbocycles. The molecule has 0 spiro atoms. The van der Waals surface area contributed by atoms with Gasteiger partial charge in [0.05, 0.1) is 5.69 Å². The zero-order valence-corrected chi connectivity index (χ0v) is 12.5. The lowest BCUT2D eigenvalue weighted by Crippen LogP contribution is -1.95. The molecule has 3 aromatic rings. The van der Waals surface area contributed by atoms with Crippen molar-refractivity contribution in [3.05, 3.63) is 78.5 Å². The number of nitrogens with zero attached hydrogens (tertiary/aromatic N) is 1. The van der Waals surface area contributed by atoms with Crippen molar-refractivity contribution in [1.82, 2.24) is 4.98 Å². The number of ether oxygens (including phenoxy) is 1. The minimum absolute atomic E-state index is 0.577. The van der Waals surface area contributed by atoms with Crippen LogP contribution in [0.2, 0.25) is 0 Å². The molecule has 0 aliphatic heterocycles. The Morgan fingerprint density at radius 2 is 1.73 bits per heavy atom. The first-order valence-corrected chi connectivity index (χ1v) is 7.26. The zero-order chi connectivity index (χ0) is 15.2. The summed E-state index contributed by atoms with van der Waals surface area (Å²) in [5.74, 6) is 0.859. The van der Waals surface area contributed by atoms with Crippen molar-refractivity contribution < 1.29 is 4.74 Å². The van der Waals surface area contributed by atoms with E-state index in [0.717, 1.165) is 28.3 Å². The molecule has 22 heavy (non-hydrogen) atoms. The minimum atomic E-state index is 0.577. The third kappa shape index (κ3) is 3.44. The summed E-state index contributed by atoms with van der Waals surface area (Å²) in [7, 11) is 1.90. The van der Waals surface area contributed by atoms with Gasteiger partial charge in [0.1, 0.15) is 12.4 Å². The van der Waals surface area contributed by atoms with Gasteiger partial charge in [-0.3, -0.25) is 4.98 Å². The van der Waals surface area contributed by atoms with Crippen molar-refractivity contribution >= 4 is 5.69 Å². The highest BCUT2D eigenvalue weighted by Gasteiger charge is 2.01. The fourth-order valence-corrected chi connectivity index (χ4v) is 2.21. The summed E-state index contributed by atoms with van der Waals surface area (Å²) in [5, 5.41) is 3.12. The Morgan fingerprint density at radius 3 is 2.45 bits per heavy atom. The van der Waals surface area contributed by atoms with Gasteiger partial charge < -0.3 is 10.1 Å². The summed E-state index contributed by atoms with van der Waals surface area (Å²) in [6.07, 6.45) is 1.81. The predicted octanol–water partition coefficient (Wildman–Crippen LogP) is 4.37. The molecular formula is C19H18N2O. The molecule has 3 nitrogen and oxygen atoms in total. The molecule has 0 aliphatic rings. The van der Waals surface area contributed by atoms with Crippen molar-refractivity contribution in [2.75, 3.05) is 12.4 Å². The maximum atomic E-state index is 5.80. The summed E-state index contributed by atoms with van der Waals surface area (Å²) in [6, 6.07) is 22.1. The Hall–Kier alpha value is -2.81. The summed E-state index contributed by atoms with van der Waals surface area (Å²) < 4.78 is 5.80. The molecular weight excluding hydrogens is 272 g/mol. The number of pyridine rings is 1. The molecule has 1 aromatic heterocycles. The van der Waals surface area contributed by atoms with E-state index in [-0.39, 0.29) is 0 Å². The van der Waals surface area contributed by atoms with Gasteiger partial charge in [-0.25, -0.2) is 0 Å². The highest BCUT2D eigenvalue weighted by molar-refractivity contribution is 5.64. The van der Waals surface area contributed by atoms with Crippen LogP contribution in [0.15, 0.2) is 72.9 Å². The molecule has 0 aliphatic carbocycles. The van der Waals surface area contributed by atoms with Crippen molar-refractivity contribution in [3.8, 4) is 17.0 Å². The van der Waals surface area contributed by atoms with Gasteiger partial charge in [-0.1, -0.05) is 30.3 Å². The first-order chi connectivity index (χ1) is 10.8. The lowest BCUT2D eigenvalue weighted by atomic mass is 10.1. The van der Waals surface area contributed by atoms with Gasteiger partial charge in [-0.15, -0.1) is 0 Å². The second-order valence-corrected chi connectivity index (χ2v) is 4.98. The summed E-state index contributed by atoms with van der Waals surface area (Å²) in [6.45, 7) is 0.577. The second kappa shape index (κ2) is 6.76. The smallest absolute Gasteiger partial charge is 0.119 e. The van der Waals surface area contributed by atoms with Crippen LogP contribution in [0.25, 0.3) is 11.3 Å². The van der Waals surface area contributed by atoms with Crippen LogP contribution in [-0.2, 0) is 6.61 Å². The molecule has 0 atom stereocenters. The lowest BCUT2D eigenvalue weighted by molar-refractivity contribution is 0.306. The van der Waals surface area contributed by atoms with E-state index in [2.05, 4.69) is 22.4 Å². The second-order valence-electron chi connectivity index (χ2n) is 4.98. The van der Waals surface area contributed by atoms with Crippen LogP contribution < -0.4 is 10.1 Å². The number of hydrogen-bond acceptors (Lipinski definition) is 3. The first kappa shape index (κ1) is 14.1. The fourth-order valence-electron chi connectivity index (χ4n) is 2.21. The van der Waals surface area contributed by atoms with Crippen molar-refractivity contribution in [1.29, 1.82) is 0 Å². The van der Waals surface area contributed by atoms with Crippen LogP contribution in [0.3, 0.4) is 0 Å². The topological polar surface area (TPSA) is 34.2 Å². The summed E-state index contributed by atoms with van der Waals surface area (Å²) in [4.78, 5) is 4.40. The first-order valence-electron chi connectivity index (χ1n) is 7.26. The zero-order valence-electron chi connectivity index (χ0n) is 12.5. The van der Waals surface area contributed by atoms with Gasteiger partial charge in [0, 0.05) is 24.5 Å². The van der Waals surface area contributed by atoms with Crippen LogP contribution in [-0.4, -0.2) is 12.0 Å². The number of aromatic nitrogens is 1. The Balaban J connectivity index is 1.69. The van der Waals surface area contributed by atoms with E-state index in [4.69, 9.17) is 4.74 Å². The Kier molecular flexibility index (Phi) is 4.35. The predicted molar refractivity (Wildman–Crippen MR) is 90.0 cm³/mol. The number of anilines is 1. The number of hydrogen-bond donors (Lipinski definition) is 1. The van der Waals surface area contributed by atoms with Crippen molar-refractivity contribution in [3.63, 3.8) is 0 Å². The standard InChI is InChI=1S/C19H18N2O/c1-20-17-11-12-21-19(13-17)16-7-9-18(10-8-16)22-14-15-5-3-2-4-6-15/h2-13H,14H2,1H3,(H,20,21). The molecule has 0 amide bonds. The van der Waals surface area contributed by atoms with Crippen LogP contribution >= 0.6 is 0 Å². The Labute approximate surface area is 130 Å². The van der Waals surface area contributed by atoms with Crippen molar-refractivity contribution in [2.24, 2.45) is 0 Å². The molecule has 110 valence electrons. The SMILES string of the molecule is CNc1ccnc(-c2ccc(OCc3ccccc3)cc2)c1. The molecule has 1 heterocycles. The van der Waals surface area contributed by atoms with E-state index in [9.17, 15) is 0 Å². The fraction of sp³-hybridized carbons (Fsp3) is 0.105. The number of nitrogens with one attached hydrogen (secondary N) is 1. The molecule has 0 saturated carbocycles. The van der Waals surface area contributed by atoms with Crippen LogP contribution in [0.1, 0.15) is 5.56 Å². The highest BCUT2D eigenvalue weighted by Crippen LogP contribution is 2.23. The monoisotopic (exact) mass is 290 g/mol. The molecule has 0 saturated heterocycles. The average molecular weight is 290 g/mol. The van der Waals surface area contributed by atoms with E-state index in [1.165, 1.54) is 0 Å². The molecule has 0 bridgehead atoms. The largest absolute Gasteiger partial charge is 0.489 e. The highest BCUT2D eigenvalue weighted by atomic mass is 16.5. The minimum Gasteiger partial charge on any atom is -0.489 e. The van der Waals surface area contributed by atoms with E-state index < -0.39 is 0 Å². The van der Waals surface area contributed by atoms with Gasteiger partial charge in [0.2, 0.25) is 0 Å². The number of benzene rings is 2. The molecule has 0 fully saturated rings.